The second kappa shape index (κ2) is 9.14. The van der Waals surface area contributed by atoms with Crippen LogP contribution in [0.1, 0.15) is 0 Å². The predicted molar refractivity (Wildman–Crippen MR) is 40.7 cm³/mol. The summed E-state index contributed by atoms with van der Waals surface area (Å²) in [7, 11) is 0. The molecule has 0 amide bonds. The van der Waals surface area contributed by atoms with Gasteiger partial charge in [0.05, 0.1) is 0 Å². The van der Waals surface area contributed by atoms with Crippen molar-refractivity contribution in [3.63, 3.8) is 0 Å². The first-order chi connectivity index (χ1) is 4.52. The molecular weight excluding hydrogens is 562 g/mol. The Labute approximate surface area is 106 Å². The standard InChI is InChI=1S/C3H2O7.2Pb.4H/c4-1(5)9-3(8)10-2(6)7;;;;;;/h(H,4,5)(H,6,7);;;;;;. The van der Waals surface area contributed by atoms with Crippen LogP contribution in [0.3, 0.4) is 0 Å². The van der Waals surface area contributed by atoms with Gasteiger partial charge in [-0.2, -0.15) is 0 Å². The quantitative estimate of drug-likeness (QED) is 0.212. The fourth-order valence-electron chi connectivity index (χ4n) is 0.163. The monoisotopic (exact) mass is 570 g/mol. The van der Waals surface area contributed by atoms with Gasteiger partial charge in [-0.25, -0.2) is 14.4 Å². The fraction of sp³-hybridized carbons (Fsp3) is 0. The molecule has 0 aromatic rings. The molecular formula is C3H6O7Pb2. The molecule has 2 N–H and O–H groups in total. The van der Waals surface area contributed by atoms with Gasteiger partial charge in [-0.1, -0.05) is 0 Å². The Morgan fingerprint density at radius 2 is 1.08 bits per heavy atom. The molecule has 9 heteroatoms. The molecule has 0 saturated carbocycles. The number of hydrogen-bond acceptors (Lipinski definition) is 5. The van der Waals surface area contributed by atoms with E-state index in [4.69, 9.17) is 10.2 Å². The first kappa shape index (κ1) is 18.0. The van der Waals surface area contributed by atoms with Gasteiger partial charge in [0.1, 0.15) is 0 Å². The van der Waals surface area contributed by atoms with Gasteiger partial charge in [-0.15, -0.1) is 0 Å². The van der Waals surface area contributed by atoms with E-state index in [0.717, 1.165) is 0 Å². The van der Waals surface area contributed by atoms with E-state index in [1.165, 1.54) is 0 Å². The number of carbonyl (C=O) groups is 3. The average molecular weight is 568 g/mol. The van der Waals surface area contributed by atoms with Crippen LogP contribution in [0.25, 0.3) is 0 Å². The number of rotatable bonds is 0. The summed E-state index contributed by atoms with van der Waals surface area (Å²) in [5.41, 5.74) is 0. The van der Waals surface area contributed by atoms with Gasteiger partial charge >= 0.3 is 73.1 Å². The van der Waals surface area contributed by atoms with Crippen LogP contribution in [0, 0.1) is 0 Å². The van der Waals surface area contributed by atoms with Crippen LogP contribution in [0.4, 0.5) is 14.4 Å². The molecule has 0 aromatic heterocycles. The van der Waals surface area contributed by atoms with Crippen LogP contribution >= 0.6 is 0 Å². The predicted octanol–water partition coefficient (Wildman–Crippen LogP) is -1.34. The normalized spacial score (nSPS) is 6.67. The van der Waals surface area contributed by atoms with E-state index >= 15 is 0 Å². The van der Waals surface area contributed by atoms with Crippen molar-refractivity contribution in [3.05, 3.63) is 0 Å². The maximum absolute atomic E-state index is 9.86. The van der Waals surface area contributed by atoms with Crippen molar-refractivity contribution in [3.8, 4) is 0 Å². The number of carbonyl (C=O) groups excluding carboxylic acids is 1. The SMILES string of the molecule is O=C(O)OC(=O)OC(=O)O.[PbH2].[PbH2]. The molecule has 0 atom stereocenters. The molecule has 0 heterocycles. The Morgan fingerprint density at radius 3 is 1.25 bits per heavy atom. The zero-order valence-corrected chi connectivity index (χ0v) is 16.8. The molecule has 0 aliphatic heterocycles. The molecule has 4 radical (unpaired) electrons. The van der Waals surface area contributed by atoms with E-state index in [9.17, 15) is 14.4 Å². The van der Waals surface area contributed by atoms with Gasteiger partial charge < -0.3 is 19.7 Å². The van der Waals surface area contributed by atoms with E-state index in [-0.39, 0.29) is 54.6 Å². The molecule has 0 aliphatic rings. The number of hydrogen-bond donors (Lipinski definition) is 2. The molecule has 7 nitrogen and oxygen atoms in total. The van der Waals surface area contributed by atoms with Crippen molar-refractivity contribution in [2.24, 2.45) is 0 Å². The summed E-state index contributed by atoms with van der Waals surface area (Å²) in [5, 5.41) is 15.4. The Hall–Kier alpha value is 0.0542. The third-order valence-electron chi connectivity index (χ3n) is 0.341. The first-order valence-corrected chi connectivity index (χ1v) is 1.88. The molecule has 0 rings (SSSR count). The molecule has 0 aliphatic carbocycles. The van der Waals surface area contributed by atoms with Gasteiger partial charge in [0.25, 0.3) is 0 Å². The van der Waals surface area contributed by atoms with Gasteiger partial charge in [0.2, 0.25) is 0 Å². The molecule has 68 valence electrons. The summed E-state index contributed by atoms with van der Waals surface area (Å²) in [5.74, 6) is 0. The summed E-state index contributed by atoms with van der Waals surface area (Å²) in [6.45, 7) is 0. The van der Waals surface area contributed by atoms with Crippen LogP contribution in [0.2, 0.25) is 0 Å². The summed E-state index contributed by atoms with van der Waals surface area (Å²) in [6, 6.07) is 0. The van der Waals surface area contributed by atoms with Crippen molar-refractivity contribution in [2.45, 2.75) is 0 Å². The molecule has 0 unspecified atom stereocenters. The van der Waals surface area contributed by atoms with Crippen molar-refractivity contribution < 1.29 is 34.1 Å². The Bertz CT molecular complexity index is 159. The van der Waals surface area contributed by atoms with Crippen LogP contribution < -0.4 is 0 Å². The van der Waals surface area contributed by atoms with Crippen molar-refractivity contribution in [1.29, 1.82) is 0 Å². The van der Waals surface area contributed by atoms with E-state index in [2.05, 4.69) is 9.47 Å². The number of ether oxygens (including phenoxy) is 2. The second-order valence-electron chi connectivity index (χ2n) is 0.986. The minimum atomic E-state index is -1.92. The van der Waals surface area contributed by atoms with E-state index in [0.29, 0.717) is 0 Å². The molecule has 0 spiro atoms. The summed E-state index contributed by atoms with van der Waals surface area (Å²) in [6.07, 6.45) is -5.64. The Balaban J connectivity index is -0.000000405. The van der Waals surface area contributed by atoms with Crippen LogP contribution in [0.5, 0.6) is 0 Å². The van der Waals surface area contributed by atoms with Gasteiger partial charge in [0, 0.05) is 0 Å². The second-order valence-corrected chi connectivity index (χ2v) is 0.986. The van der Waals surface area contributed by atoms with Crippen molar-refractivity contribution in [1.82, 2.24) is 0 Å². The van der Waals surface area contributed by atoms with Crippen LogP contribution in [-0.4, -0.2) is 83.3 Å². The third-order valence-corrected chi connectivity index (χ3v) is 0.341. The van der Waals surface area contributed by atoms with Gasteiger partial charge in [0.15, 0.2) is 0 Å². The van der Waals surface area contributed by atoms with Gasteiger partial charge in [-0.05, 0) is 0 Å². The van der Waals surface area contributed by atoms with E-state index in [1.807, 2.05) is 0 Å². The zero-order chi connectivity index (χ0) is 8.15. The topological polar surface area (TPSA) is 110 Å². The van der Waals surface area contributed by atoms with E-state index in [1.54, 1.807) is 0 Å². The molecule has 0 saturated heterocycles. The average Bonchev–Trinajstić information content (AvgIpc) is 1.58. The first-order valence-electron chi connectivity index (χ1n) is 1.88. The van der Waals surface area contributed by atoms with Gasteiger partial charge in [-0.3, -0.25) is 0 Å². The third kappa shape index (κ3) is 12.7. The fourth-order valence-corrected chi connectivity index (χ4v) is 0.163. The number of carboxylic acid groups (broad SMARTS) is 2. The molecule has 0 aromatic carbocycles. The Morgan fingerprint density at radius 1 is 0.833 bits per heavy atom. The molecule has 0 bridgehead atoms. The van der Waals surface area contributed by atoms with E-state index < -0.39 is 18.5 Å². The maximum atomic E-state index is 9.86. The summed E-state index contributed by atoms with van der Waals surface area (Å²) in [4.78, 5) is 28.8. The summed E-state index contributed by atoms with van der Waals surface area (Å²) >= 11 is 0. The van der Waals surface area contributed by atoms with Crippen LogP contribution in [0.15, 0.2) is 0 Å². The molecule has 0 fully saturated rings. The van der Waals surface area contributed by atoms with Crippen molar-refractivity contribution in [2.75, 3.05) is 0 Å². The zero-order valence-electron chi connectivity index (χ0n) is 5.85. The Kier molecular flexibility index (Phi) is 13.7. The minimum absolute atomic E-state index is 0. The summed E-state index contributed by atoms with van der Waals surface area (Å²) < 4.78 is 6.47. The molecule has 12 heavy (non-hydrogen) atoms. The van der Waals surface area contributed by atoms with Crippen molar-refractivity contribution >= 4 is 73.1 Å². The van der Waals surface area contributed by atoms with Crippen LogP contribution in [-0.2, 0) is 9.47 Å².